The molecule has 1 aromatic carbocycles. The maximum absolute atomic E-state index is 14.7. The van der Waals surface area contributed by atoms with Crippen molar-refractivity contribution in [2.24, 2.45) is 27.9 Å². The average Bonchev–Trinajstić information content (AvgIpc) is 1.09. The average molecular weight is 1400 g/mol. The van der Waals surface area contributed by atoms with E-state index in [2.05, 4.69) is 63.9 Å². The summed E-state index contributed by atoms with van der Waals surface area (Å²) in [6.07, 6.45) is -0.0795. The molecule has 2 rings (SSSR count). The predicted molar refractivity (Wildman–Crippen MR) is 363 cm³/mol. The molecule has 1 aliphatic heterocycles. The minimum atomic E-state index is -1.81. The lowest BCUT2D eigenvalue weighted by Crippen LogP contribution is -2.60. The topological polar surface area (TPSA) is 499 Å². The molecule has 1 saturated heterocycles. The summed E-state index contributed by atoms with van der Waals surface area (Å²) in [5, 5.41) is 36.2. The second-order valence-electron chi connectivity index (χ2n) is 23.4. The van der Waals surface area contributed by atoms with Crippen LogP contribution in [0.5, 0.6) is 0 Å². The number of carboxylic acids is 1. The number of aliphatic imine (C=N–C) groups is 1. The summed E-state index contributed by atoms with van der Waals surface area (Å²) >= 11 is 3.52. The molecular formula is C60H103N15O17S3. The van der Waals surface area contributed by atoms with Crippen molar-refractivity contribution in [1.82, 2.24) is 53.2 Å². The lowest BCUT2D eigenvalue weighted by molar-refractivity contribution is -0.141. The third-order valence-corrected chi connectivity index (χ3v) is 16.4. The molecule has 11 amide bonds. The third-order valence-electron chi connectivity index (χ3n) is 12.6. The first-order valence-corrected chi connectivity index (χ1v) is 34.3. The molecule has 1 fully saturated rings. The van der Waals surface area contributed by atoms with E-state index in [0.29, 0.717) is 31.6 Å². The molecule has 1 aliphatic rings. The number of guanidine groups is 1. The molecule has 0 spiro atoms. The highest BCUT2D eigenvalue weighted by atomic mass is 32.2. The molecule has 0 saturated carbocycles. The molecule has 0 bridgehead atoms. The number of primary amides is 1. The minimum absolute atomic E-state index is 0.00576. The van der Waals surface area contributed by atoms with Crippen molar-refractivity contribution in [2.75, 3.05) is 109 Å². The highest BCUT2D eigenvalue weighted by Gasteiger charge is 2.35. The van der Waals surface area contributed by atoms with E-state index >= 15 is 0 Å². The van der Waals surface area contributed by atoms with E-state index in [-0.39, 0.29) is 132 Å². The van der Waals surface area contributed by atoms with Crippen LogP contribution in [0.4, 0.5) is 0 Å². The number of carbonyl (C=O) groups excluding carboxylic acids is 11. The number of rotatable bonds is 32. The van der Waals surface area contributed by atoms with Gasteiger partial charge in [0.1, 0.15) is 48.9 Å². The second kappa shape index (κ2) is 48.6. The minimum Gasteiger partial charge on any atom is -0.481 e. The zero-order chi connectivity index (χ0) is 71.4. The molecule has 1 heterocycles. The Kier molecular flexibility index (Phi) is 44.0. The first-order valence-electron chi connectivity index (χ1n) is 31.2. The van der Waals surface area contributed by atoms with Gasteiger partial charge in [-0.05, 0) is 51.1 Å². The number of nitrogens with one attached hydrogen (secondary N) is 10. The number of thioether (sulfide) groups is 3. The first kappa shape index (κ1) is 86.0. The van der Waals surface area contributed by atoms with Crippen LogP contribution in [0.1, 0.15) is 99.5 Å². The number of nitrogens with two attached hydrogens (primary N) is 4. The van der Waals surface area contributed by atoms with Gasteiger partial charge < -0.3 is 100 Å². The molecule has 0 aromatic heterocycles. The van der Waals surface area contributed by atoms with Crippen LogP contribution < -0.4 is 76.1 Å². The van der Waals surface area contributed by atoms with Gasteiger partial charge in [-0.25, -0.2) is 0 Å². The number of hydrogen-bond acceptors (Lipinski definition) is 21. The van der Waals surface area contributed by atoms with E-state index in [4.69, 9.17) is 36.1 Å². The molecule has 19 N–H and O–H groups in total. The standard InChI is InChI=1S/C58H98N14O16S3.C2H5NO/c1-8-85-32-46(74)62-21-23-86-25-27-88-28-26-87-24-22-63-50(79)42-33-89-36-47(75)66-39(17-12-13-19-59)51(80)71-43(34-90-57(2,3)4)54(83)68-38(18-14-20-64-56(60)61)49(78)65-31-45(73)67-41(30-48(76)77)53(82)72-44(35-91-58(5,6)7)55(84)69-40(52(81)70-42)29-37-15-10-9-11-16-37;1-2(3)4/h9-11,15-16,38-44H,8,12-14,17-36,59H2,1-7H3,(H,62,74)(H,63,79)(H,65,78)(H,66,75)(H,67,73)(H,68,83)(H,69,84)(H,70,81)(H,71,80)(H,72,82)(H,76,77)(H4,60,61,64);1H3,(H2,3,4)/t38-,39-,40-,41-,42-,43-,44-;/m0./s1. The Morgan fingerprint density at radius 1 is 0.621 bits per heavy atom. The van der Waals surface area contributed by atoms with Gasteiger partial charge in [0.2, 0.25) is 65.0 Å². The number of unbranched alkanes of at least 4 members (excludes halogenated alkanes) is 1. The zero-order valence-electron chi connectivity index (χ0n) is 55.9. The van der Waals surface area contributed by atoms with E-state index in [0.717, 1.165) is 11.8 Å². The summed E-state index contributed by atoms with van der Waals surface area (Å²) < 4.78 is 20.8. The van der Waals surface area contributed by atoms with Crippen LogP contribution in [0.3, 0.4) is 0 Å². The zero-order valence-corrected chi connectivity index (χ0v) is 58.3. The Morgan fingerprint density at radius 2 is 1.11 bits per heavy atom. The van der Waals surface area contributed by atoms with E-state index in [1.165, 1.54) is 30.4 Å². The first-order chi connectivity index (χ1) is 44.8. The molecule has 0 unspecified atom stereocenters. The molecule has 0 aliphatic carbocycles. The van der Waals surface area contributed by atoms with Gasteiger partial charge in [0.15, 0.2) is 5.96 Å². The number of amides is 11. The molecule has 538 valence electrons. The smallest absolute Gasteiger partial charge is 0.305 e. The molecule has 0 radical (unpaired) electrons. The van der Waals surface area contributed by atoms with Gasteiger partial charge in [-0.15, -0.1) is 11.8 Å². The van der Waals surface area contributed by atoms with E-state index in [1.54, 1.807) is 37.3 Å². The number of aliphatic carboxylic acids is 1. The van der Waals surface area contributed by atoms with Crippen molar-refractivity contribution >= 4 is 112 Å². The lowest BCUT2D eigenvalue weighted by Gasteiger charge is -2.28. The van der Waals surface area contributed by atoms with Crippen LogP contribution >= 0.6 is 35.3 Å². The van der Waals surface area contributed by atoms with Crippen molar-refractivity contribution in [3.63, 3.8) is 0 Å². The molecule has 32 nitrogen and oxygen atoms in total. The number of nitrogens with zero attached hydrogens (tertiary/aromatic N) is 1. The number of carbonyl (C=O) groups is 12. The van der Waals surface area contributed by atoms with E-state index in [1.807, 2.05) is 41.5 Å². The number of hydrogen-bond donors (Lipinski definition) is 15. The van der Waals surface area contributed by atoms with Crippen molar-refractivity contribution < 1.29 is 81.6 Å². The van der Waals surface area contributed by atoms with Crippen molar-refractivity contribution in [2.45, 2.75) is 152 Å². The van der Waals surface area contributed by atoms with Crippen LogP contribution in [0, 0.1) is 0 Å². The van der Waals surface area contributed by atoms with Crippen LogP contribution in [0.25, 0.3) is 0 Å². The quantitative estimate of drug-likeness (QED) is 0.0194. The van der Waals surface area contributed by atoms with Crippen LogP contribution in [0.15, 0.2) is 35.3 Å². The fraction of sp³-hybridized carbons (Fsp3) is 0.683. The van der Waals surface area contributed by atoms with Crippen molar-refractivity contribution in [3.8, 4) is 0 Å². The Labute approximate surface area is 568 Å². The summed E-state index contributed by atoms with van der Waals surface area (Å²) in [7, 11) is 0. The SMILES string of the molecule is CC(N)=O.CCOCC(=O)NCCOCCOCCOCCNC(=O)[C@@H]1CSCC(=O)N[C@@H](CCCCN)C(=O)N[C@@H](CSC(C)(C)C)C(=O)N[C@@H](CCCN=C(N)N)C(=O)NCC(=O)N[C@@H](CC(=O)O)C(=O)N[C@@H](CSC(C)(C)C)C(=O)N[C@@H](Cc2ccccc2)C(=O)N1. The fourth-order valence-electron chi connectivity index (χ4n) is 8.02. The summed E-state index contributed by atoms with van der Waals surface area (Å²) in [6, 6.07) is -1.35. The Balaban J connectivity index is 0.0000109. The molecule has 95 heavy (non-hydrogen) atoms. The van der Waals surface area contributed by atoms with Crippen LogP contribution in [-0.2, 0) is 82.9 Å². The largest absolute Gasteiger partial charge is 0.481 e. The van der Waals surface area contributed by atoms with Gasteiger partial charge in [-0.2, -0.15) is 23.5 Å². The highest BCUT2D eigenvalue weighted by Crippen LogP contribution is 2.25. The summed E-state index contributed by atoms with van der Waals surface area (Å²) in [6.45, 7) is 15.6. The van der Waals surface area contributed by atoms with Crippen molar-refractivity contribution in [1.29, 1.82) is 0 Å². The lowest BCUT2D eigenvalue weighted by atomic mass is 10.0. The van der Waals surface area contributed by atoms with Crippen LogP contribution in [-0.4, -0.2) is 242 Å². The number of carboxylic acid groups (broad SMARTS) is 1. The van der Waals surface area contributed by atoms with E-state index in [9.17, 15) is 62.6 Å². The maximum Gasteiger partial charge on any atom is 0.305 e. The Hall–Kier alpha value is -7.02. The van der Waals surface area contributed by atoms with Crippen LogP contribution in [0.2, 0.25) is 0 Å². The third kappa shape index (κ3) is 43.6. The van der Waals surface area contributed by atoms with Crippen molar-refractivity contribution in [3.05, 3.63) is 35.9 Å². The Morgan fingerprint density at radius 3 is 1.64 bits per heavy atom. The maximum atomic E-state index is 14.7. The van der Waals surface area contributed by atoms with Gasteiger partial charge in [-0.3, -0.25) is 62.5 Å². The normalized spacial score (nSPS) is 20.2. The van der Waals surface area contributed by atoms with Gasteiger partial charge >= 0.3 is 5.97 Å². The molecular weight excluding hydrogens is 1300 g/mol. The number of benzene rings is 1. The monoisotopic (exact) mass is 1400 g/mol. The van der Waals surface area contributed by atoms with Gasteiger partial charge in [0, 0.05) is 66.3 Å². The number of ether oxygens (including phenoxy) is 4. The van der Waals surface area contributed by atoms with Gasteiger partial charge in [0.05, 0.1) is 58.4 Å². The highest BCUT2D eigenvalue weighted by molar-refractivity contribution is 8.01. The molecule has 35 heteroatoms. The van der Waals surface area contributed by atoms with Gasteiger partial charge in [0.25, 0.3) is 0 Å². The second-order valence-corrected chi connectivity index (χ2v) is 28.1. The fourth-order valence-corrected chi connectivity index (χ4v) is 10.7. The summed E-state index contributed by atoms with van der Waals surface area (Å²) in [5.41, 5.74) is 21.9. The molecule has 7 atom stereocenters. The van der Waals surface area contributed by atoms with Gasteiger partial charge in [-0.1, -0.05) is 71.9 Å². The summed E-state index contributed by atoms with van der Waals surface area (Å²) in [5.74, 6) is -10.6. The predicted octanol–water partition coefficient (Wildman–Crippen LogP) is -2.98. The molecule has 1 aromatic rings. The summed E-state index contributed by atoms with van der Waals surface area (Å²) in [4.78, 5) is 165. The van der Waals surface area contributed by atoms with E-state index < -0.39 is 124 Å². The Bertz CT molecular complexity index is 2600.